The van der Waals surface area contributed by atoms with Crippen LogP contribution in [0.15, 0.2) is 59.5 Å². The summed E-state index contributed by atoms with van der Waals surface area (Å²) in [7, 11) is 5.59. The molecule has 43 heavy (non-hydrogen) atoms. The van der Waals surface area contributed by atoms with E-state index in [4.69, 9.17) is 0 Å². The second kappa shape index (κ2) is 11.8. The molecular formula is C33H36N6O3S. The molecule has 0 radical (unpaired) electrons. The zero-order chi connectivity index (χ0) is 30.2. The summed E-state index contributed by atoms with van der Waals surface area (Å²) in [5.74, 6) is 0.210. The summed E-state index contributed by atoms with van der Waals surface area (Å²) in [6, 6.07) is 15.0. The average molecular weight is 597 g/mol. The zero-order valence-electron chi connectivity index (χ0n) is 24.9. The Morgan fingerprint density at radius 2 is 1.84 bits per heavy atom. The Labute approximate surface area is 255 Å². The number of aromatic amines is 1. The third-order valence-corrected chi connectivity index (χ3v) is 9.80. The van der Waals surface area contributed by atoms with E-state index in [1.165, 1.54) is 23.3 Å². The number of amides is 2. The van der Waals surface area contributed by atoms with E-state index in [1.54, 1.807) is 34.4 Å². The number of rotatable bonds is 6. The van der Waals surface area contributed by atoms with Crippen LogP contribution in [0, 0.1) is 6.92 Å². The van der Waals surface area contributed by atoms with Gasteiger partial charge in [-0.25, -0.2) is 4.98 Å². The van der Waals surface area contributed by atoms with Crippen molar-refractivity contribution in [3.8, 4) is 11.3 Å². The van der Waals surface area contributed by atoms with Crippen LogP contribution in [0.2, 0.25) is 0 Å². The SMILES string of the molecule is Cc1c(-c2c[nH]c(=O)c(Nc3ccc(C4C(=O)N(C)CCN4C)cc3)n2)cccc1N(C)C(=O)c1cc2c(s1)CCCC2. The number of H-pyrrole nitrogens is 1. The molecule has 1 fully saturated rings. The number of piperazine rings is 1. The number of nitrogens with zero attached hydrogens (tertiary/aromatic N) is 4. The van der Waals surface area contributed by atoms with E-state index in [-0.39, 0.29) is 29.2 Å². The standard InChI is InChI=1S/C33H36N6O3S/c1-20-24(9-7-10-26(20)39(4)32(41)28-18-22-8-5-6-11-27(22)43-28)25-19-34-31(40)30(36-25)35-23-14-12-21(13-15-23)29-33(42)38(3)17-16-37(29)2/h7,9-10,12-15,18-19,29H,5-6,8,11,16-17H2,1-4H3,(H,34,40)(H,35,36). The van der Waals surface area contributed by atoms with Crippen LogP contribution in [0.25, 0.3) is 11.3 Å². The first-order valence-corrected chi connectivity index (χ1v) is 15.4. The Kier molecular flexibility index (Phi) is 7.89. The van der Waals surface area contributed by atoms with Crippen LogP contribution in [0.5, 0.6) is 0 Å². The lowest BCUT2D eigenvalue weighted by Crippen LogP contribution is -2.48. The van der Waals surface area contributed by atoms with E-state index < -0.39 is 0 Å². The summed E-state index contributed by atoms with van der Waals surface area (Å²) in [4.78, 5) is 54.1. The molecule has 3 heterocycles. The molecule has 222 valence electrons. The van der Waals surface area contributed by atoms with Gasteiger partial charge >= 0.3 is 0 Å². The number of carbonyl (C=O) groups excluding carboxylic acids is 2. The van der Waals surface area contributed by atoms with Crippen molar-refractivity contribution in [2.45, 2.75) is 38.6 Å². The van der Waals surface area contributed by atoms with Gasteiger partial charge in [0, 0.05) is 55.2 Å². The van der Waals surface area contributed by atoms with E-state index in [9.17, 15) is 14.4 Å². The normalized spacial score (nSPS) is 17.1. The first kappa shape index (κ1) is 28.8. The molecule has 1 aliphatic heterocycles. The van der Waals surface area contributed by atoms with Crippen LogP contribution in [-0.4, -0.2) is 65.8 Å². The van der Waals surface area contributed by atoms with Gasteiger partial charge in [-0.05, 0) is 80.6 Å². The maximum atomic E-state index is 13.5. The molecule has 2 amide bonds. The van der Waals surface area contributed by atoms with Gasteiger partial charge in [0.25, 0.3) is 11.5 Å². The zero-order valence-corrected chi connectivity index (χ0v) is 25.8. The van der Waals surface area contributed by atoms with Crippen molar-refractivity contribution in [3.05, 3.63) is 91.5 Å². The second-order valence-electron chi connectivity index (χ2n) is 11.4. The molecule has 0 saturated carbocycles. The predicted octanol–water partition coefficient (Wildman–Crippen LogP) is 5.15. The summed E-state index contributed by atoms with van der Waals surface area (Å²) >= 11 is 1.61. The number of likely N-dealkylation sites (N-methyl/N-ethyl adjacent to an activating group) is 2. The summed E-state index contributed by atoms with van der Waals surface area (Å²) in [6.45, 7) is 3.48. The third kappa shape index (κ3) is 5.60. The molecule has 0 spiro atoms. The van der Waals surface area contributed by atoms with E-state index in [1.807, 2.05) is 63.5 Å². The van der Waals surface area contributed by atoms with Crippen LogP contribution < -0.4 is 15.8 Å². The number of fused-ring (bicyclic) bond motifs is 1. The molecule has 0 bridgehead atoms. The van der Waals surface area contributed by atoms with Crippen molar-refractivity contribution in [1.82, 2.24) is 19.8 Å². The molecule has 6 rings (SSSR count). The van der Waals surface area contributed by atoms with Gasteiger partial charge in [0.05, 0.1) is 10.6 Å². The Morgan fingerprint density at radius 1 is 1.07 bits per heavy atom. The van der Waals surface area contributed by atoms with Gasteiger partial charge in [0.15, 0.2) is 5.82 Å². The third-order valence-electron chi connectivity index (χ3n) is 8.57. The molecule has 1 unspecified atom stereocenters. The second-order valence-corrected chi connectivity index (χ2v) is 12.6. The fourth-order valence-corrected chi connectivity index (χ4v) is 7.22. The monoisotopic (exact) mass is 596 g/mol. The molecular weight excluding hydrogens is 560 g/mol. The summed E-state index contributed by atoms with van der Waals surface area (Å²) in [5.41, 5.74) is 5.64. The minimum Gasteiger partial charge on any atom is -0.343 e. The Morgan fingerprint density at radius 3 is 2.60 bits per heavy atom. The highest BCUT2D eigenvalue weighted by Gasteiger charge is 2.32. The Balaban J connectivity index is 1.23. The molecule has 2 aliphatic rings. The van der Waals surface area contributed by atoms with Crippen molar-refractivity contribution in [2.75, 3.05) is 44.4 Å². The molecule has 1 atom stereocenters. The van der Waals surface area contributed by atoms with Gasteiger partial charge in [0.2, 0.25) is 5.91 Å². The van der Waals surface area contributed by atoms with Crippen LogP contribution in [-0.2, 0) is 17.6 Å². The van der Waals surface area contributed by atoms with E-state index in [0.29, 0.717) is 17.9 Å². The van der Waals surface area contributed by atoms with Crippen molar-refractivity contribution < 1.29 is 9.59 Å². The largest absolute Gasteiger partial charge is 0.343 e. The molecule has 4 aromatic rings. The van der Waals surface area contributed by atoms with Crippen molar-refractivity contribution in [2.24, 2.45) is 0 Å². The van der Waals surface area contributed by atoms with Gasteiger partial charge in [0.1, 0.15) is 6.04 Å². The molecule has 2 N–H and O–H groups in total. The number of anilines is 3. The average Bonchev–Trinajstić information content (AvgIpc) is 3.45. The fourth-order valence-electron chi connectivity index (χ4n) is 5.99. The predicted molar refractivity (Wildman–Crippen MR) is 171 cm³/mol. The van der Waals surface area contributed by atoms with Crippen molar-refractivity contribution in [3.63, 3.8) is 0 Å². The van der Waals surface area contributed by atoms with E-state index in [0.717, 1.165) is 46.6 Å². The van der Waals surface area contributed by atoms with Gasteiger partial charge in [-0.2, -0.15) is 0 Å². The van der Waals surface area contributed by atoms with Crippen LogP contribution in [0.3, 0.4) is 0 Å². The highest BCUT2D eigenvalue weighted by atomic mass is 32.1. The number of hydrogen-bond donors (Lipinski definition) is 2. The smallest absolute Gasteiger partial charge is 0.291 e. The number of aryl methyl sites for hydroxylation is 2. The van der Waals surface area contributed by atoms with Gasteiger partial charge < -0.3 is 20.1 Å². The summed E-state index contributed by atoms with van der Waals surface area (Å²) in [5, 5.41) is 3.14. The van der Waals surface area contributed by atoms with Crippen molar-refractivity contribution >= 4 is 40.3 Å². The minimum atomic E-state index is -0.348. The number of hydrogen-bond acceptors (Lipinski definition) is 7. The lowest BCUT2D eigenvalue weighted by atomic mass is 9.99. The number of benzene rings is 2. The molecule has 2 aromatic heterocycles. The fraction of sp³-hybridized carbons (Fsp3) is 0.333. The van der Waals surface area contributed by atoms with Gasteiger partial charge in [-0.15, -0.1) is 11.3 Å². The highest BCUT2D eigenvalue weighted by Crippen LogP contribution is 2.34. The number of thiophene rings is 1. The molecule has 1 aliphatic carbocycles. The lowest BCUT2D eigenvalue weighted by Gasteiger charge is -2.37. The van der Waals surface area contributed by atoms with Crippen LogP contribution >= 0.6 is 11.3 Å². The maximum Gasteiger partial charge on any atom is 0.291 e. The molecule has 2 aromatic carbocycles. The Bertz CT molecular complexity index is 1720. The number of aromatic nitrogens is 2. The highest BCUT2D eigenvalue weighted by molar-refractivity contribution is 7.14. The molecule has 1 saturated heterocycles. The van der Waals surface area contributed by atoms with Crippen LogP contribution in [0.1, 0.15) is 50.1 Å². The topological polar surface area (TPSA) is 102 Å². The van der Waals surface area contributed by atoms with E-state index >= 15 is 0 Å². The first-order valence-electron chi connectivity index (χ1n) is 14.6. The summed E-state index contributed by atoms with van der Waals surface area (Å²) in [6.07, 6.45) is 6.06. The molecule has 10 heteroatoms. The van der Waals surface area contributed by atoms with Gasteiger partial charge in [-0.3, -0.25) is 19.3 Å². The Hall–Kier alpha value is -4.28. The first-order chi connectivity index (χ1) is 20.7. The van der Waals surface area contributed by atoms with Crippen LogP contribution in [0.4, 0.5) is 17.2 Å². The quantitative estimate of drug-likeness (QED) is 0.319. The minimum absolute atomic E-state index is 0.0207. The van der Waals surface area contributed by atoms with E-state index in [2.05, 4.69) is 26.3 Å². The lowest BCUT2D eigenvalue weighted by molar-refractivity contribution is -0.139. The maximum absolute atomic E-state index is 13.5. The molecule has 9 nitrogen and oxygen atoms in total. The van der Waals surface area contributed by atoms with Gasteiger partial charge in [-0.1, -0.05) is 24.3 Å². The summed E-state index contributed by atoms with van der Waals surface area (Å²) < 4.78 is 0. The van der Waals surface area contributed by atoms with Crippen molar-refractivity contribution in [1.29, 1.82) is 0 Å². The number of carbonyl (C=O) groups is 2. The number of nitrogens with one attached hydrogen (secondary N) is 2.